The number of rotatable bonds is 5. The van der Waals surface area contributed by atoms with Gasteiger partial charge in [-0.05, 0) is 19.4 Å². The first-order valence-corrected chi connectivity index (χ1v) is 7.73. The van der Waals surface area contributed by atoms with E-state index in [0.717, 1.165) is 23.7 Å². The summed E-state index contributed by atoms with van der Waals surface area (Å²) in [6.45, 7) is 4.63. The minimum absolute atomic E-state index is 0.0720. The van der Waals surface area contributed by atoms with Crippen LogP contribution in [0.3, 0.4) is 0 Å². The van der Waals surface area contributed by atoms with Crippen molar-refractivity contribution >= 4 is 22.4 Å². The smallest absolute Gasteiger partial charge is 0.361 e. The molecule has 0 spiro atoms. The van der Waals surface area contributed by atoms with E-state index in [1.165, 1.54) is 4.52 Å². The maximum absolute atomic E-state index is 12.7. The molecule has 1 aromatic carbocycles. The lowest BCUT2D eigenvalue weighted by Crippen LogP contribution is -2.28. The predicted molar refractivity (Wildman–Crippen MR) is 85.6 cm³/mol. The molecule has 0 unspecified atom stereocenters. The monoisotopic (exact) mass is 314 g/mol. The van der Waals surface area contributed by atoms with Crippen LogP contribution in [0.1, 0.15) is 37.2 Å². The molecule has 3 rings (SSSR count). The number of carbonyl (C=O) groups excluding carboxylic acids is 1. The Morgan fingerprint density at radius 3 is 2.78 bits per heavy atom. The summed E-state index contributed by atoms with van der Waals surface area (Å²) in [6.07, 6.45) is 1.86. The van der Waals surface area contributed by atoms with Crippen LogP contribution in [0.2, 0.25) is 0 Å². The number of fused-ring (bicyclic) bond motifs is 3. The fourth-order valence-corrected chi connectivity index (χ4v) is 2.65. The molecular weight excluding hydrogens is 296 g/mol. The Morgan fingerprint density at radius 1 is 1.26 bits per heavy atom. The number of nitrogens with zero attached hydrogens (tertiary/aromatic N) is 4. The van der Waals surface area contributed by atoms with E-state index in [4.69, 9.17) is 4.74 Å². The van der Waals surface area contributed by atoms with Gasteiger partial charge in [-0.25, -0.2) is 9.59 Å². The molecule has 0 saturated heterocycles. The molecule has 0 atom stereocenters. The van der Waals surface area contributed by atoms with E-state index >= 15 is 0 Å². The summed E-state index contributed by atoms with van der Waals surface area (Å²) in [6, 6.07) is 7.46. The molecule has 0 aliphatic heterocycles. The number of para-hydroxylation sites is 1. The molecule has 0 amide bonds. The van der Waals surface area contributed by atoms with Crippen molar-refractivity contribution in [2.75, 3.05) is 6.61 Å². The van der Waals surface area contributed by atoms with Crippen LogP contribution in [0, 0.1) is 0 Å². The number of hydrogen-bond donors (Lipinski definition) is 0. The van der Waals surface area contributed by atoms with Gasteiger partial charge in [0.2, 0.25) is 0 Å². The average Bonchev–Trinajstić information content (AvgIpc) is 3.00. The number of aryl methyl sites for hydroxylation is 1. The third-order valence-electron chi connectivity index (χ3n) is 3.74. The van der Waals surface area contributed by atoms with Crippen molar-refractivity contribution in [3.8, 4) is 0 Å². The zero-order valence-corrected chi connectivity index (χ0v) is 13.2. The Labute approximate surface area is 132 Å². The van der Waals surface area contributed by atoms with Gasteiger partial charge in [0, 0.05) is 11.9 Å². The van der Waals surface area contributed by atoms with Crippen molar-refractivity contribution in [1.82, 2.24) is 19.4 Å². The standard InChI is InChI=1S/C16H18N4O3/c1-3-5-10-19-12-9-7-6-8-11(12)14-13(15(21)23-4-2)17-18-20(14)16(19)22/h6-9H,3-5,10H2,1-2H3. The molecule has 0 aliphatic carbocycles. The predicted octanol–water partition coefficient (Wildman–Crippen LogP) is 2.02. The first kappa shape index (κ1) is 15.2. The van der Waals surface area contributed by atoms with Crippen molar-refractivity contribution < 1.29 is 9.53 Å². The second kappa shape index (κ2) is 6.20. The summed E-state index contributed by atoms with van der Waals surface area (Å²) in [5.74, 6) is -0.571. The molecule has 7 heteroatoms. The minimum atomic E-state index is -0.571. The molecule has 2 heterocycles. The molecule has 0 N–H and O–H groups in total. The van der Waals surface area contributed by atoms with Crippen molar-refractivity contribution in [1.29, 1.82) is 0 Å². The molecule has 0 radical (unpaired) electrons. The van der Waals surface area contributed by atoms with E-state index in [1.807, 2.05) is 24.3 Å². The number of benzene rings is 1. The van der Waals surface area contributed by atoms with Crippen molar-refractivity contribution in [2.45, 2.75) is 33.2 Å². The first-order chi connectivity index (χ1) is 11.2. The van der Waals surface area contributed by atoms with Gasteiger partial charge in [0.25, 0.3) is 0 Å². The summed E-state index contributed by atoms with van der Waals surface area (Å²) in [5, 5.41) is 8.50. The second-order valence-corrected chi connectivity index (χ2v) is 5.22. The van der Waals surface area contributed by atoms with Crippen molar-refractivity contribution in [2.24, 2.45) is 0 Å². The van der Waals surface area contributed by atoms with Gasteiger partial charge in [-0.15, -0.1) is 5.10 Å². The van der Waals surface area contributed by atoms with Crippen LogP contribution in [-0.2, 0) is 11.3 Å². The van der Waals surface area contributed by atoms with E-state index in [-0.39, 0.29) is 18.0 Å². The van der Waals surface area contributed by atoms with Crippen LogP contribution >= 0.6 is 0 Å². The summed E-state index contributed by atoms with van der Waals surface area (Å²) in [4.78, 5) is 24.8. The van der Waals surface area contributed by atoms with Crippen LogP contribution in [0.25, 0.3) is 16.4 Å². The number of carbonyl (C=O) groups is 1. The van der Waals surface area contributed by atoms with Gasteiger partial charge in [0.1, 0.15) is 5.52 Å². The highest BCUT2D eigenvalue weighted by molar-refractivity contribution is 6.05. The molecule has 0 saturated carbocycles. The molecule has 7 nitrogen and oxygen atoms in total. The van der Waals surface area contributed by atoms with Crippen molar-refractivity contribution in [3.05, 3.63) is 40.4 Å². The Hall–Kier alpha value is -2.70. The van der Waals surface area contributed by atoms with Crippen LogP contribution in [0.5, 0.6) is 0 Å². The summed E-state index contributed by atoms with van der Waals surface area (Å²) in [7, 11) is 0. The Morgan fingerprint density at radius 2 is 2.04 bits per heavy atom. The number of aromatic nitrogens is 4. The topological polar surface area (TPSA) is 78.5 Å². The highest BCUT2D eigenvalue weighted by Gasteiger charge is 2.21. The van der Waals surface area contributed by atoms with Gasteiger partial charge >= 0.3 is 11.7 Å². The summed E-state index contributed by atoms with van der Waals surface area (Å²) in [5.41, 5.74) is 0.945. The van der Waals surface area contributed by atoms with E-state index in [2.05, 4.69) is 17.2 Å². The van der Waals surface area contributed by atoms with E-state index in [0.29, 0.717) is 12.1 Å². The van der Waals surface area contributed by atoms with Gasteiger partial charge in [0.05, 0.1) is 12.1 Å². The maximum Gasteiger partial charge on any atom is 0.361 e. The van der Waals surface area contributed by atoms with Crippen LogP contribution in [-0.4, -0.2) is 32.0 Å². The van der Waals surface area contributed by atoms with Gasteiger partial charge in [-0.2, -0.15) is 4.52 Å². The van der Waals surface area contributed by atoms with Gasteiger partial charge in [-0.3, -0.25) is 4.57 Å². The molecule has 0 bridgehead atoms. The van der Waals surface area contributed by atoms with E-state index in [9.17, 15) is 9.59 Å². The minimum Gasteiger partial charge on any atom is -0.461 e. The fourth-order valence-electron chi connectivity index (χ4n) is 2.65. The zero-order chi connectivity index (χ0) is 16.4. The van der Waals surface area contributed by atoms with Crippen LogP contribution < -0.4 is 5.69 Å². The SMILES string of the molecule is CCCCn1c(=O)n2nnc(C(=O)OCC)c2c2ccccc21. The third kappa shape index (κ3) is 2.48. The fraction of sp³-hybridized carbons (Fsp3) is 0.375. The molecule has 120 valence electrons. The average molecular weight is 314 g/mol. The van der Waals surface area contributed by atoms with E-state index < -0.39 is 5.97 Å². The Balaban J connectivity index is 2.35. The van der Waals surface area contributed by atoms with Crippen LogP contribution in [0.15, 0.2) is 29.1 Å². The maximum atomic E-state index is 12.7. The van der Waals surface area contributed by atoms with Gasteiger partial charge < -0.3 is 4.74 Å². The zero-order valence-electron chi connectivity index (χ0n) is 13.2. The molecule has 0 fully saturated rings. The largest absolute Gasteiger partial charge is 0.461 e. The lowest BCUT2D eigenvalue weighted by atomic mass is 10.1. The lowest BCUT2D eigenvalue weighted by molar-refractivity contribution is 0.0522. The third-order valence-corrected chi connectivity index (χ3v) is 3.74. The first-order valence-electron chi connectivity index (χ1n) is 7.73. The highest BCUT2D eigenvalue weighted by Crippen LogP contribution is 2.21. The number of esters is 1. The quantitative estimate of drug-likeness (QED) is 0.673. The summed E-state index contributed by atoms with van der Waals surface area (Å²) < 4.78 is 7.88. The highest BCUT2D eigenvalue weighted by atomic mass is 16.5. The van der Waals surface area contributed by atoms with Gasteiger partial charge in [0.15, 0.2) is 5.69 Å². The summed E-state index contributed by atoms with van der Waals surface area (Å²) >= 11 is 0. The number of hydrogen-bond acceptors (Lipinski definition) is 5. The lowest BCUT2D eigenvalue weighted by Gasteiger charge is -2.11. The van der Waals surface area contributed by atoms with Gasteiger partial charge in [-0.1, -0.05) is 36.8 Å². The molecule has 23 heavy (non-hydrogen) atoms. The molecule has 2 aromatic heterocycles. The number of ether oxygens (including phenoxy) is 1. The van der Waals surface area contributed by atoms with Crippen LogP contribution in [0.4, 0.5) is 0 Å². The normalized spacial score (nSPS) is 11.2. The van der Waals surface area contributed by atoms with Crippen molar-refractivity contribution in [3.63, 3.8) is 0 Å². The molecule has 3 aromatic rings. The number of unbranched alkanes of at least 4 members (excludes halogenated alkanes) is 1. The van der Waals surface area contributed by atoms with E-state index in [1.54, 1.807) is 11.5 Å². The molecular formula is C16H18N4O3. The Bertz CT molecular complexity index is 926. The second-order valence-electron chi connectivity index (χ2n) is 5.22. The Kier molecular flexibility index (Phi) is 4.10. The molecule has 0 aliphatic rings.